The molecule has 0 aromatic heterocycles. The van der Waals surface area contributed by atoms with Gasteiger partial charge in [0.25, 0.3) is 0 Å². The number of benzene rings is 2. The monoisotopic (exact) mass is 440 g/mol. The number of anilines is 2. The Morgan fingerprint density at radius 2 is 1.79 bits per heavy atom. The lowest BCUT2D eigenvalue weighted by molar-refractivity contribution is -0.116. The molecule has 0 saturated carbocycles. The maximum Gasteiger partial charge on any atom is 0.339 e. The molecule has 0 saturated heterocycles. The highest BCUT2D eigenvalue weighted by molar-refractivity contribution is 7.92. The van der Waals surface area contributed by atoms with Crippen LogP contribution in [0.4, 0.5) is 11.4 Å². The van der Waals surface area contributed by atoms with Gasteiger partial charge in [-0.15, -0.1) is 0 Å². The fourth-order valence-corrected chi connectivity index (χ4v) is 4.14. The molecule has 2 rings (SSSR count). The van der Waals surface area contributed by atoms with E-state index >= 15 is 0 Å². The van der Waals surface area contributed by atoms with Crippen molar-refractivity contribution in [2.24, 2.45) is 0 Å². The summed E-state index contributed by atoms with van der Waals surface area (Å²) in [4.78, 5) is 24.7. The minimum atomic E-state index is -3.84. The number of hydrogen-bond donors (Lipinski definition) is 1. The van der Waals surface area contributed by atoms with Gasteiger partial charge in [-0.25, -0.2) is 13.2 Å². The number of para-hydroxylation sites is 1. The number of methoxy groups -OCH3 is 2. The summed E-state index contributed by atoms with van der Waals surface area (Å²) in [7, 11) is -1.18. The van der Waals surface area contributed by atoms with Gasteiger partial charge in [-0.3, -0.25) is 9.10 Å². The number of esters is 1. The van der Waals surface area contributed by atoms with Crippen molar-refractivity contribution < 1.29 is 27.5 Å². The summed E-state index contributed by atoms with van der Waals surface area (Å²) in [6.45, 7) is 1.43. The van der Waals surface area contributed by atoms with Crippen molar-refractivity contribution in [1.29, 1.82) is 0 Å². The molecule has 0 aliphatic rings. The molecule has 0 aliphatic carbocycles. The number of sulfonamides is 1. The number of amides is 1. The maximum atomic E-state index is 12.8. The Morgan fingerprint density at radius 3 is 2.34 bits per heavy atom. The van der Waals surface area contributed by atoms with Crippen molar-refractivity contribution in [2.45, 2.75) is 13.0 Å². The highest BCUT2D eigenvalue weighted by atomic mass is 35.5. The van der Waals surface area contributed by atoms with Crippen LogP contribution in [0.2, 0.25) is 5.02 Å². The quantitative estimate of drug-likeness (QED) is 0.664. The summed E-state index contributed by atoms with van der Waals surface area (Å²) < 4.78 is 35.5. The topological polar surface area (TPSA) is 102 Å². The predicted octanol–water partition coefficient (Wildman–Crippen LogP) is 2.93. The van der Waals surface area contributed by atoms with Crippen LogP contribution >= 0.6 is 11.6 Å². The lowest BCUT2D eigenvalue weighted by Crippen LogP contribution is -2.45. The van der Waals surface area contributed by atoms with Gasteiger partial charge in [0.15, 0.2) is 0 Å². The van der Waals surface area contributed by atoms with E-state index in [-0.39, 0.29) is 22.0 Å². The van der Waals surface area contributed by atoms with Crippen LogP contribution in [0.25, 0.3) is 0 Å². The smallest absolute Gasteiger partial charge is 0.339 e. The van der Waals surface area contributed by atoms with Crippen molar-refractivity contribution >= 4 is 44.9 Å². The Balaban J connectivity index is 2.38. The average molecular weight is 441 g/mol. The number of ether oxygens (including phenoxy) is 2. The first-order chi connectivity index (χ1) is 13.6. The van der Waals surface area contributed by atoms with E-state index in [2.05, 4.69) is 5.32 Å². The van der Waals surface area contributed by atoms with Crippen LogP contribution in [0, 0.1) is 0 Å². The number of rotatable bonds is 7. The Hall–Kier alpha value is -2.78. The Bertz CT molecular complexity index is 1030. The second-order valence-electron chi connectivity index (χ2n) is 6.08. The van der Waals surface area contributed by atoms with Gasteiger partial charge in [0.2, 0.25) is 15.9 Å². The molecule has 1 N–H and O–H groups in total. The van der Waals surface area contributed by atoms with E-state index in [1.54, 1.807) is 12.1 Å². The second kappa shape index (κ2) is 9.15. The minimum Gasteiger partial charge on any atom is -0.495 e. The van der Waals surface area contributed by atoms with Crippen molar-refractivity contribution in [3.05, 3.63) is 53.1 Å². The molecular formula is C19H21ClN2O6S. The molecule has 29 heavy (non-hydrogen) atoms. The maximum absolute atomic E-state index is 12.8. The van der Waals surface area contributed by atoms with E-state index in [0.717, 1.165) is 10.6 Å². The average Bonchev–Trinajstić information content (AvgIpc) is 2.67. The fraction of sp³-hybridized carbons (Fsp3) is 0.263. The number of hydrogen-bond acceptors (Lipinski definition) is 6. The first-order valence-corrected chi connectivity index (χ1v) is 10.6. The Kier molecular flexibility index (Phi) is 7.10. The van der Waals surface area contributed by atoms with E-state index in [1.807, 2.05) is 0 Å². The molecule has 0 spiro atoms. The third-order valence-electron chi connectivity index (χ3n) is 4.07. The molecule has 8 nitrogen and oxygen atoms in total. The normalized spacial score (nSPS) is 12.0. The minimum absolute atomic E-state index is 0.147. The standard InChI is InChI=1S/C19H21ClN2O6S/c1-12(18(23)21-16-8-6-5-7-14(16)19(24)28-3)22(29(4,25)26)13-9-10-17(27-2)15(20)11-13/h5-12H,1-4H3,(H,21,23)/t12-/m1/s1. The molecule has 0 unspecified atom stereocenters. The van der Waals surface area contributed by atoms with Crippen molar-refractivity contribution in [3.8, 4) is 5.75 Å². The van der Waals surface area contributed by atoms with Crippen LogP contribution in [-0.4, -0.2) is 46.8 Å². The third kappa shape index (κ3) is 5.18. The van der Waals surface area contributed by atoms with Crippen molar-refractivity contribution in [2.75, 3.05) is 30.1 Å². The number of nitrogens with zero attached hydrogens (tertiary/aromatic N) is 1. The van der Waals surface area contributed by atoms with E-state index < -0.39 is 27.9 Å². The molecule has 2 aromatic rings. The first kappa shape index (κ1) is 22.5. The zero-order valence-corrected chi connectivity index (χ0v) is 17.9. The molecule has 156 valence electrons. The molecule has 0 heterocycles. The van der Waals surface area contributed by atoms with Gasteiger partial charge >= 0.3 is 5.97 Å². The van der Waals surface area contributed by atoms with Crippen LogP contribution in [0.5, 0.6) is 5.75 Å². The summed E-state index contributed by atoms with van der Waals surface area (Å²) in [5.41, 5.74) is 0.550. The van der Waals surface area contributed by atoms with Crippen LogP contribution in [0.3, 0.4) is 0 Å². The van der Waals surface area contributed by atoms with Crippen molar-refractivity contribution in [3.63, 3.8) is 0 Å². The molecule has 1 amide bonds. The van der Waals surface area contributed by atoms with Crippen LogP contribution in [0.15, 0.2) is 42.5 Å². The SMILES string of the molecule is COC(=O)c1ccccc1NC(=O)[C@@H](C)N(c1ccc(OC)c(Cl)c1)S(C)(=O)=O. The third-order valence-corrected chi connectivity index (χ3v) is 5.61. The molecule has 2 aromatic carbocycles. The second-order valence-corrected chi connectivity index (χ2v) is 8.35. The predicted molar refractivity (Wildman–Crippen MR) is 111 cm³/mol. The number of halogens is 1. The summed E-state index contributed by atoms with van der Waals surface area (Å²) in [5, 5.41) is 2.78. The number of carbonyl (C=O) groups is 2. The summed E-state index contributed by atoms with van der Waals surface area (Å²) in [6.07, 6.45) is 0.983. The molecule has 0 radical (unpaired) electrons. The summed E-state index contributed by atoms with van der Waals surface area (Å²) in [6, 6.07) is 9.51. The van der Waals surface area contributed by atoms with Gasteiger partial charge < -0.3 is 14.8 Å². The summed E-state index contributed by atoms with van der Waals surface area (Å²) in [5.74, 6) is -0.901. The number of carbonyl (C=O) groups excluding carboxylic acids is 2. The molecule has 0 fully saturated rings. The summed E-state index contributed by atoms with van der Waals surface area (Å²) >= 11 is 6.11. The lowest BCUT2D eigenvalue weighted by Gasteiger charge is -2.28. The number of nitrogens with one attached hydrogen (secondary N) is 1. The van der Waals surface area contributed by atoms with Gasteiger partial charge in [-0.1, -0.05) is 23.7 Å². The molecule has 10 heteroatoms. The first-order valence-electron chi connectivity index (χ1n) is 8.41. The van der Waals surface area contributed by atoms with Gasteiger partial charge in [0, 0.05) is 0 Å². The molecule has 0 aliphatic heterocycles. The van der Waals surface area contributed by atoms with Crippen LogP contribution < -0.4 is 14.4 Å². The van der Waals surface area contributed by atoms with Gasteiger partial charge in [0.05, 0.1) is 42.4 Å². The van der Waals surface area contributed by atoms with Gasteiger partial charge in [-0.2, -0.15) is 0 Å². The van der Waals surface area contributed by atoms with Gasteiger partial charge in [-0.05, 0) is 37.3 Å². The van der Waals surface area contributed by atoms with Crippen LogP contribution in [-0.2, 0) is 19.6 Å². The van der Waals surface area contributed by atoms with E-state index in [4.69, 9.17) is 21.1 Å². The highest BCUT2D eigenvalue weighted by Crippen LogP contribution is 2.31. The van der Waals surface area contributed by atoms with Crippen LogP contribution in [0.1, 0.15) is 17.3 Å². The van der Waals surface area contributed by atoms with E-state index in [0.29, 0.717) is 5.75 Å². The van der Waals surface area contributed by atoms with E-state index in [9.17, 15) is 18.0 Å². The van der Waals surface area contributed by atoms with E-state index in [1.165, 1.54) is 51.5 Å². The molecule has 1 atom stereocenters. The fourth-order valence-electron chi connectivity index (χ4n) is 2.72. The highest BCUT2D eigenvalue weighted by Gasteiger charge is 2.30. The molecular weight excluding hydrogens is 420 g/mol. The van der Waals surface area contributed by atoms with Crippen molar-refractivity contribution in [1.82, 2.24) is 0 Å². The lowest BCUT2D eigenvalue weighted by atomic mass is 10.1. The Morgan fingerprint density at radius 1 is 1.14 bits per heavy atom. The zero-order valence-electron chi connectivity index (χ0n) is 16.3. The Labute approximate surface area is 174 Å². The largest absolute Gasteiger partial charge is 0.495 e. The van der Waals surface area contributed by atoms with Gasteiger partial charge in [0.1, 0.15) is 11.8 Å². The zero-order chi connectivity index (χ0) is 21.8. The molecule has 0 bridgehead atoms.